The lowest BCUT2D eigenvalue weighted by Crippen LogP contribution is -2.42. The first-order chi connectivity index (χ1) is 8.86. The molecule has 2 nitrogen and oxygen atoms in total. The highest BCUT2D eigenvalue weighted by atomic mass is 32.1. The number of hydrogen-bond donors (Lipinski definition) is 1. The van der Waals surface area contributed by atoms with Crippen LogP contribution in [0.3, 0.4) is 0 Å². The molecule has 0 spiro atoms. The van der Waals surface area contributed by atoms with Crippen molar-refractivity contribution in [2.24, 2.45) is 0 Å². The molecule has 1 fully saturated rings. The molecule has 1 heterocycles. The predicted molar refractivity (Wildman–Crippen MR) is 80.8 cm³/mol. The number of rotatable bonds is 4. The zero-order chi connectivity index (χ0) is 12.6. The largest absolute Gasteiger partial charge is 0.363 e. The van der Waals surface area contributed by atoms with Crippen molar-refractivity contribution in [1.82, 2.24) is 10.2 Å². The Bertz CT molecular complexity index is 358. The minimum atomic E-state index is 0.947. The minimum absolute atomic E-state index is 0.947. The highest BCUT2D eigenvalue weighted by Crippen LogP contribution is 2.08. The SMILES string of the molecule is S=C(NCCCc1ccccc1)N1CCCCC1. The summed E-state index contributed by atoms with van der Waals surface area (Å²) in [5.74, 6) is 0. The number of nitrogens with one attached hydrogen (secondary N) is 1. The van der Waals surface area contributed by atoms with Crippen LogP contribution in [0, 0.1) is 0 Å². The highest BCUT2D eigenvalue weighted by molar-refractivity contribution is 7.80. The summed E-state index contributed by atoms with van der Waals surface area (Å²) in [6.45, 7) is 3.24. The van der Waals surface area contributed by atoms with E-state index in [4.69, 9.17) is 12.2 Å². The summed E-state index contributed by atoms with van der Waals surface area (Å²) in [6.07, 6.45) is 6.18. The van der Waals surface area contributed by atoms with Gasteiger partial charge < -0.3 is 10.2 Å². The number of likely N-dealkylation sites (tertiary alicyclic amines) is 1. The topological polar surface area (TPSA) is 15.3 Å². The first kappa shape index (κ1) is 13.3. The number of aryl methyl sites for hydroxylation is 1. The van der Waals surface area contributed by atoms with Gasteiger partial charge in [-0.05, 0) is 49.9 Å². The molecule has 0 saturated carbocycles. The normalized spacial score (nSPS) is 15.4. The van der Waals surface area contributed by atoms with Crippen LogP contribution in [0.2, 0.25) is 0 Å². The van der Waals surface area contributed by atoms with E-state index in [-0.39, 0.29) is 0 Å². The van der Waals surface area contributed by atoms with Crippen molar-refractivity contribution >= 4 is 17.3 Å². The van der Waals surface area contributed by atoms with Crippen molar-refractivity contribution in [2.45, 2.75) is 32.1 Å². The molecule has 2 rings (SSSR count). The van der Waals surface area contributed by atoms with Crippen LogP contribution in [0.15, 0.2) is 30.3 Å². The number of thiocarbonyl (C=S) groups is 1. The van der Waals surface area contributed by atoms with Gasteiger partial charge in [-0.15, -0.1) is 0 Å². The maximum atomic E-state index is 5.42. The van der Waals surface area contributed by atoms with Crippen molar-refractivity contribution in [3.8, 4) is 0 Å². The van der Waals surface area contributed by atoms with Crippen LogP contribution in [0.4, 0.5) is 0 Å². The fourth-order valence-electron chi connectivity index (χ4n) is 2.34. The Balaban J connectivity index is 1.61. The summed E-state index contributed by atoms with van der Waals surface area (Å²) < 4.78 is 0. The van der Waals surface area contributed by atoms with Gasteiger partial charge in [-0.3, -0.25) is 0 Å². The van der Waals surface area contributed by atoms with E-state index in [2.05, 4.69) is 40.5 Å². The average Bonchev–Trinajstić information content (AvgIpc) is 2.45. The van der Waals surface area contributed by atoms with E-state index in [1.54, 1.807) is 0 Å². The summed E-state index contributed by atoms with van der Waals surface area (Å²) in [5, 5.41) is 4.33. The smallest absolute Gasteiger partial charge is 0.168 e. The minimum Gasteiger partial charge on any atom is -0.363 e. The third-order valence-corrected chi connectivity index (χ3v) is 3.81. The third kappa shape index (κ3) is 4.30. The molecule has 1 N–H and O–H groups in total. The zero-order valence-electron chi connectivity index (χ0n) is 10.9. The lowest BCUT2D eigenvalue weighted by Gasteiger charge is -2.29. The zero-order valence-corrected chi connectivity index (χ0v) is 11.7. The molecular formula is C15H22N2S. The van der Waals surface area contributed by atoms with Crippen molar-refractivity contribution in [3.63, 3.8) is 0 Å². The number of hydrogen-bond acceptors (Lipinski definition) is 1. The molecule has 3 heteroatoms. The van der Waals surface area contributed by atoms with Crippen molar-refractivity contribution < 1.29 is 0 Å². The van der Waals surface area contributed by atoms with Gasteiger partial charge in [0, 0.05) is 19.6 Å². The molecule has 1 saturated heterocycles. The Kier molecular flexibility index (Phi) is 5.46. The van der Waals surface area contributed by atoms with Crippen molar-refractivity contribution in [1.29, 1.82) is 0 Å². The summed E-state index contributed by atoms with van der Waals surface area (Å²) in [4.78, 5) is 2.31. The van der Waals surface area contributed by atoms with E-state index in [0.29, 0.717) is 0 Å². The predicted octanol–water partition coefficient (Wildman–Crippen LogP) is 2.98. The molecule has 0 radical (unpaired) electrons. The van der Waals surface area contributed by atoms with Gasteiger partial charge >= 0.3 is 0 Å². The highest BCUT2D eigenvalue weighted by Gasteiger charge is 2.12. The van der Waals surface area contributed by atoms with Crippen LogP contribution in [-0.4, -0.2) is 29.6 Å². The van der Waals surface area contributed by atoms with Crippen LogP contribution in [0.1, 0.15) is 31.2 Å². The molecule has 1 aliphatic heterocycles. The van der Waals surface area contributed by atoms with E-state index in [1.165, 1.54) is 24.8 Å². The van der Waals surface area contributed by atoms with Crippen LogP contribution in [0.25, 0.3) is 0 Å². The van der Waals surface area contributed by atoms with Gasteiger partial charge in [-0.2, -0.15) is 0 Å². The van der Waals surface area contributed by atoms with E-state index in [0.717, 1.165) is 37.6 Å². The molecule has 0 amide bonds. The van der Waals surface area contributed by atoms with Gasteiger partial charge in [0.15, 0.2) is 5.11 Å². The molecule has 0 aromatic heterocycles. The summed E-state index contributed by atoms with van der Waals surface area (Å²) in [7, 11) is 0. The Labute approximate surface area is 115 Å². The molecule has 1 aliphatic rings. The average molecular weight is 262 g/mol. The van der Waals surface area contributed by atoms with Crippen LogP contribution in [0.5, 0.6) is 0 Å². The number of piperidine rings is 1. The fourth-order valence-corrected chi connectivity index (χ4v) is 2.63. The van der Waals surface area contributed by atoms with E-state index in [9.17, 15) is 0 Å². The molecule has 0 bridgehead atoms. The summed E-state index contributed by atoms with van der Waals surface area (Å²) in [5.41, 5.74) is 1.41. The molecular weight excluding hydrogens is 240 g/mol. The first-order valence-electron chi connectivity index (χ1n) is 6.93. The standard InChI is InChI=1S/C15H22N2S/c18-15(17-12-5-2-6-13-17)16-11-7-10-14-8-3-1-4-9-14/h1,3-4,8-9H,2,5-7,10-13H2,(H,16,18). The second kappa shape index (κ2) is 7.37. The van der Waals surface area contributed by atoms with Crippen molar-refractivity contribution in [3.05, 3.63) is 35.9 Å². The fraction of sp³-hybridized carbons (Fsp3) is 0.533. The molecule has 1 aromatic rings. The molecule has 0 aliphatic carbocycles. The number of nitrogens with zero attached hydrogens (tertiary/aromatic N) is 1. The molecule has 0 unspecified atom stereocenters. The van der Waals surface area contributed by atoms with Crippen LogP contribution in [-0.2, 0) is 6.42 Å². The summed E-state index contributed by atoms with van der Waals surface area (Å²) >= 11 is 5.42. The van der Waals surface area contributed by atoms with E-state index >= 15 is 0 Å². The van der Waals surface area contributed by atoms with Gasteiger partial charge in [0.25, 0.3) is 0 Å². The van der Waals surface area contributed by atoms with Gasteiger partial charge in [-0.1, -0.05) is 30.3 Å². The van der Waals surface area contributed by atoms with E-state index < -0.39 is 0 Å². The lowest BCUT2D eigenvalue weighted by atomic mass is 10.1. The Morgan fingerprint density at radius 1 is 1.11 bits per heavy atom. The summed E-state index contributed by atoms with van der Waals surface area (Å²) in [6, 6.07) is 10.6. The molecule has 1 aromatic carbocycles. The Hall–Kier alpha value is -1.09. The van der Waals surface area contributed by atoms with Crippen LogP contribution >= 0.6 is 12.2 Å². The van der Waals surface area contributed by atoms with Crippen LogP contribution < -0.4 is 5.32 Å². The quantitative estimate of drug-likeness (QED) is 0.663. The second-order valence-corrected chi connectivity index (χ2v) is 5.26. The molecule has 18 heavy (non-hydrogen) atoms. The molecule has 0 atom stereocenters. The molecule has 98 valence electrons. The van der Waals surface area contributed by atoms with Crippen molar-refractivity contribution in [2.75, 3.05) is 19.6 Å². The third-order valence-electron chi connectivity index (χ3n) is 3.40. The Morgan fingerprint density at radius 2 is 1.83 bits per heavy atom. The Morgan fingerprint density at radius 3 is 2.56 bits per heavy atom. The first-order valence-corrected chi connectivity index (χ1v) is 7.34. The second-order valence-electron chi connectivity index (χ2n) is 4.87. The lowest BCUT2D eigenvalue weighted by molar-refractivity contribution is 0.338. The van der Waals surface area contributed by atoms with Gasteiger partial charge in [0.2, 0.25) is 0 Å². The van der Waals surface area contributed by atoms with E-state index in [1.807, 2.05) is 0 Å². The van der Waals surface area contributed by atoms with Gasteiger partial charge in [0.1, 0.15) is 0 Å². The van der Waals surface area contributed by atoms with Gasteiger partial charge in [0.05, 0.1) is 0 Å². The maximum Gasteiger partial charge on any atom is 0.168 e. The van der Waals surface area contributed by atoms with Gasteiger partial charge in [-0.25, -0.2) is 0 Å². The number of benzene rings is 1. The monoisotopic (exact) mass is 262 g/mol. The maximum absolute atomic E-state index is 5.42.